The predicted molar refractivity (Wildman–Crippen MR) is 86.9 cm³/mol. The molecule has 1 rings (SSSR count). The largest absolute Gasteiger partial charge is 0.396 e. The summed E-state index contributed by atoms with van der Waals surface area (Å²) in [7, 11) is 2.46. The number of rotatable bonds is 8. The van der Waals surface area contributed by atoms with E-state index in [9.17, 15) is 4.79 Å². The normalized spacial score (nSPS) is 28.3. The van der Waals surface area contributed by atoms with Gasteiger partial charge in [0.2, 0.25) is 0 Å². The summed E-state index contributed by atoms with van der Waals surface area (Å²) in [5.41, 5.74) is 0.592. The third-order valence-corrected chi connectivity index (χ3v) is 9.74. The Morgan fingerprint density at radius 2 is 2.00 bits per heavy atom. The maximum atomic E-state index is 11.7. The Morgan fingerprint density at radius 1 is 1.38 bits per heavy atom. The van der Waals surface area contributed by atoms with Crippen LogP contribution in [0.15, 0.2) is 12.2 Å². The van der Waals surface area contributed by atoms with Crippen LogP contribution in [0.5, 0.6) is 0 Å². The summed E-state index contributed by atoms with van der Waals surface area (Å²) in [6.45, 7) is 5.43. The molecule has 0 aromatic carbocycles. The van der Waals surface area contributed by atoms with Crippen molar-refractivity contribution in [2.75, 3.05) is 21.3 Å². The smallest absolute Gasteiger partial charge is 0.372 e. The van der Waals surface area contributed by atoms with Crippen LogP contribution in [0, 0.1) is 0 Å². The standard InChI is InChI=1S/C15H27ClO4Si/c1-12(2)13(17)8-6-10-15(18-3)14(16)9-7-11-21(15,19-4)20-5/h14H,1,6-11H2,2-5H3. The van der Waals surface area contributed by atoms with E-state index < -0.39 is 13.8 Å². The minimum atomic E-state index is -2.56. The molecule has 0 saturated carbocycles. The minimum Gasteiger partial charge on any atom is -0.396 e. The van der Waals surface area contributed by atoms with Gasteiger partial charge >= 0.3 is 8.56 Å². The minimum absolute atomic E-state index is 0.0882. The molecule has 0 N–H and O–H groups in total. The number of ketones is 1. The van der Waals surface area contributed by atoms with E-state index in [0.29, 0.717) is 24.8 Å². The average Bonchev–Trinajstić information content (AvgIpc) is 2.48. The highest BCUT2D eigenvalue weighted by Crippen LogP contribution is 2.45. The molecule has 0 spiro atoms. The zero-order valence-corrected chi connectivity index (χ0v) is 15.3. The van der Waals surface area contributed by atoms with Crippen LogP contribution in [0.25, 0.3) is 0 Å². The van der Waals surface area contributed by atoms with E-state index in [4.69, 9.17) is 25.2 Å². The van der Waals surface area contributed by atoms with Crippen molar-refractivity contribution in [1.82, 2.24) is 0 Å². The maximum absolute atomic E-state index is 11.7. The Balaban J connectivity index is 2.91. The van der Waals surface area contributed by atoms with Crippen LogP contribution in [-0.2, 0) is 18.4 Å². The quantitative estimate of drug-likeness (QED) is 0.388. The number of carbonyl (C=O) groups is 1. The number of Topliss-reactive ketones (excluding diaryl/α,β-unsaturated/α-hetero) is 1. The molecule has 6 heteroatoms. The third-order valence-electron chi connectivity index (χ3n) is 4.57. The number of halogens is 1. The van der Waals surface area contributed by atoms with Crippen molar-refractivity contribution >= 4 is 25.9 Å². The highest BCUT2D eigenvalue weighted by atomic mass is 35.5. The van der Waals surface area contributed by atoms with Gasteiger partial charge in [-0.1, -0.05) is 6.58 Å². The fourth-order valence-electron chi connectivity index (χ4n) is 3.29. The molecule has 1 fully saturated rings. The first kappa shape index (κ1) is 18.8. The predicted octanol–water partition coefficient (Wildman–Crippen LogP) is 3.36. The number of methoxy groups -OCH3 is 1. The summed E-state index contributed by atoms with van der Waals surface area (Å²) in [4.78, 5) is 11.7. The molecular weight excluding hydrogens is 308 g/mol. The summed E-state index contributed by atoms with van der Waals surface area (Å²) in [5, 5.41) is -0.756. The van der Waals surface area contributed by atoms with Gasteiger partial charge in [-0.2, -0.15) is 0 Å². The van der Waals surface area contributed by atoms with Crippen LogP contribution in [0.2, 0.25) is 6.04 Å². The monoisotopic (exact) mass is 334 g/mol. The van der Waals surface area contributed by atoms with Gasteiger partial charge in [0.15, 0.2) is 5.78 Å². The van der Waals surface area contributed by atoms with E-state index >= 15 is 0 Å². The molecule has 1 heterocycles. The molecule has 0 bridgehead atoms. The molecular formula is C15H27ClO4Si. The third kappa shape index (κ3) is 3.59. The highest BCUT2D eigenvalue weighted by molar-refractivity contribution is 6.72. The van der Waals surface area contributed by atoms with Gasteiger partial charge in [-0.25, -0.2) is 0 Å². The first-order valence-corrected chi connectivity index (χ1v) is 9.83. The lowest BCUT2D eigenvalue weighted by molar-refractivity contribution is -0.115. The summed E-state index contributed by atoms with van der Waals surface area (Å²) in [6.07, 6.45) is 3.69. The van der Waals surface area contributed by atoms with Gasteiger partial charge < -0.3 is 13.6 Å². The maximum Gasteiger partial charge on any atom is 0.372 e. The van der Waals surface area contributed by atoms with Gasteiger partial charge in [-0.15, -0.1) is 11.6 Å². The lowest BCUT2D eigenvalue weighted by atomic mass is 10.0. The Hall–Kier alpha value is -0.203. The van der Waals surface area contributed by atoms with Gasteiger partial charge in [0.05, 0.1) is 5.38 Å². The summed E-state index contributed by atoms with van der Waals surface area (Å²) in [6, 6.07) is 0.867. The Kier molecular flexibility index (Phi) is 7.07. The number of alkyl halides is 1. The number of ether oxygens (including phenoxy) is 1. The number of hydrogen-bond acceptors (Lipinski definition) is 4. The van der Waals surface area contributed by atoms with Crippen molar-refractivity contribution in [2.45, 2.75) is 55.7 Å². The molecule has 1 aliphatic rings. The number of allylic oxidation sites excluding steroid dienone is 1. The van der Waals surface area contributed by atoms with E-state index in [1.807, 2.05) is 0 Å². The van der Waals surface area contributed by atoms with E-state index in [2.05, 4.69) is 6.58 Å². The molecule has 2 unspecified atom stereocenters. The van der Waals surface area contributed by atoms with Crippen LogP contribution < -0.4 is 0 Å². The second kappa shape index (κ2) is 7.88. The van der Waals surface area contributed by atoms with E-state index in [0.717, 1.165) is 18.9 Å². The summed E-state index contributed by atoms with van der Waals surface area (Å²) in [5.74, 6) is 0.0882. The van der Waals surface area contributed by atoms with Gasteiger partial charge in [0, 0.05) is 27.8 Å². The highest BCUT2D eigenvalue weighted by Gasteiger charge is 2.62. The van der Waals surface area contributed by atoms with Gasteiger partial charge in [0.25, 0.3) is 0 Å². The molecule has 4 nitrogen and oxygen atoms in total. The van der Waals surface area contributed by atoms with E-state index in [1.165, 1.54) is 0 Å². The van der Waals surface area contributed by atoms with Crippen molar-refractivity contribution < 1.29 is 18.4 Å². The Morgan fingerprint density at radius 3 is 2.48 bits per heavy atom. The van der Waals surface area contributed by atoms with Crippen LogP contribution in [-0.4, -0.2) is 46.3 Å². The lowest BCUT2D eigenvalue weighted by Gasteiger charge is -2.50. The Labute approximate surface area is 134 Å². The first-order valence-electron chi connectivity index (χ1n) is 7.37. The van der Waals surface area contributed by atoms with Crippen molar-refractivity contribution in [3.05, 3.63) is 12.2 Å². The van der Waals surface area contributed by atoms with Crippen LogP contribution in [0.4, 0.5) is 0 Å². The first-order chi connectivity index (χ1) is 9.89. The molecule has 21 heavy (non-hydrogen) atoms. The second-order valence-electron chi connectivity index (χ2n) is 5.67. The lowest BCUT2D eigenvalue weighted by Crippen LogP contribution is -2.69. The topological polar surface area (TPSA) is 44.8 Å². The van der Waals surface area contributed by atoms with Crippen molar-refractivity contribution in [3.8, 4) is 0 Å². The van der Waals surface area contributed by atoms with Gasteiger partial charge in [-0.05, 0) is 44.2 Å². The molecule has 1 aliphatic heterocycles. The SMILES string of the molecule is C=C(C)C(=O)CCCC1(OC)C(Cl)CCC[Si]1(OC)OC. The molecule has 0 aromatic rings. The average molecular weight is 335 g/mol. The zero-order valence-electron chi connectivity index (χ0n) is 13.5. The van der Waals surface area contributed by atoms with E-state index in [1.54, 1.807) is 28.3 Å². The molecule has 122 valence electrons. The molecule has 0 aromatic heterocycles. The van der Waals surface area contributed by atoms with Crippen LogP contribution >= 0.6 is 11.6 Å². The van der Waals surface area contributed by atoms with Gasteiger partial charge in [-0.3, -0.25) is 4.79 Å². The molecule has 2 atom stereocenters. The zero-order chi connectivity index (χ0) is 16.1. The second-order valence-corrected chi connectivity index (χ2v) is 9.87. The molecule has 0 radical (unpaired) electrons. The van der Waals surface area contributed by atoms with Crippen LogP contribution in [0.3, 0.4) is 0 Å². The van der Waals surface area contributed by atoms with E-state index in [-0.39, 0.29) is 11.2 Å². The summed E-state index contributed by atoms with van der Waals surface area (Å²) < 4.78 is 17.5. The fraction of sp³-hybridized carbons (Fsp3) is 0.800. The number of hydrogen-bond donors (Lipinski definition) is 0. The van der Waals surface area contributed by atoms with Crippen molar-refractivity contribution in [2.24, 2.45) is 0 Å². The number of carbonyl (C=O) groups excluding carboxylic acids is 1. The van der Waals surface area contributed by atoms with Gasteiger partial charge in [0.1, 0.15) is 5.22 Å². The van der Waals surface area contributed by atoms with Crippen molar-refractivity contribution in [1.29, 1.82) is 0 Å². The molecule has 1 saturated heterocycles. The van der Waals surface area contributed by atoms with Crippen LogP contribution in [0.1, 0.15) is 39.0 Å². The molecule has 0 amide bonds. The summed E-state index contributed by atoms with van der Waals surface area (Å²) >= 11 is 6.61. The fourth-order valence-corrected chi connectivity index (χ4v) is 7.99. The molecule has 0 aliphatic carbocycles. The Bertz CT molecular complexity index is 384. The van der Waals surface area contributed by atoms with Crippen molar-refractivity contribution in [3.63, 3.8) is 0 Å².